The SMILES string of the molecule is CC(=O)Nc1cc(OC(C)(C)C)c(Cl)cc1Cl. The van der Waals surface area contributed by atoms with E-state index >= 15 is 0 Å². The lowest BCUT2D eigenvalue weighted by Gasteiger charge is -2.22. The lowest BCUT2D eigenvalue weighted by molar-refractivity contribution is -0.114. The van der Waals surface area contributed by atoms with Crippen LogP contribution in [0, 0.1) is 0 Å². The fourth-order valence-corrected chi connectivity index (χ4v) is 1.69. The maximum atomic E-state index is 11.0. The number of ether oxygens (including phenoxy) is 1. The third-order valence-electron chi connectivity index (χ3n) is 1.75. The minimum Gasteiger partial charge on any atom is -0.487 e. The molecule has 1 aromatic carbocycles. The van der Waals surface area contributed by atoms with E-state index in [-0.39, 0.29) is 11.5 Å². The number of amides is 1. The Morgan fingerprint density at radius 3 is 2.29 bits per heavy atom. The Morgan fingerprint density at radius 2 is 1.82 bits per heavy atom. The summed E-state index contributed by atoms with van der Waals surface area (Å²) in [6.07, 6.45) is 0. The first kappa shape index (κ1) is 14.1. The molecule has 0 bridgehead atoms. The molecule has 0 aliphatic heterocycles. The van der Waals surface area contributed by atoms with Crippen LogP contribution >= 0.6 is 23.2 Å². The zero-order valence-electron chi connectivity index (χ0n) is 10.2. The van der Waals surface area contributed by atoms with Crippen molar-refractivity contribution in [2.75, 3.05) is 5.32 Å². The minimum atomic E-state index is -0.370. The lowest BCUT2D eigenvalue weighted by atomic mass is 10.2. The van der Waals surface area contributed by atoms with Gasteiger partial charge < -0.3 is 10.1 Å². The molecule has 0 aliphatic carbocycles. The highest BCUT2D eigenvalue weighted by Crippen LogP contribution is 2.35. The molecule has 0 radical (unpaired) electrons. The molecule has 94 valence electrons. The van der Waals surface area contributed by atoms with Gasteiger partial charge in [-0.05, 0) is 26.8 Å². The van der Waals surface area contributed by atoms with Crippen LogP contribution in [0.3, 0.4) is 0 Å². The Balaban J connectivity index is 3.10. The first-order valence-electron chi connectivity index (χ1n) is 5.15. The van der Waals surface area contributed by atoms with E-state index in [0.29, 0.717) is 21.5 Å². The summed E-state index contributed by atoms with van der Waals surface area (Å²) in [4.78, 5) is 11.0. The molecular formula is C12H15Cl2NO2. The number of anilines is 1. The van der Waals surface area contributed by atoms with E-state index in [2.05, 4.69) is 5.32 Å². The van der Waals surface area contributed by atoms with Crippen LogP contribution in [0.4, 0.5) is 5.69 Å². The van der Waals surface area contributed by atoms with Gasteiger partial charge in [-0.2, -0.15) is 0 Å². The van der Waals surface area contributed by atoms with Gasteiger partial charge in [0.05, 0.1) is 15.7 Å². The van der Waals surface area contributed by atoms with E-state index in [1.54, 1.807) is 12.1 Å². The Hall–Kier alpha value is -0.930. The summed E-state index contributed by atoms with van der Waals surface area (Å²) in [5.74, 6) is 0.295. The largest absolute Gasteiger partial charge is 0.487 e. The van der Waals surface area contributed by atoms with Crippen molar-refractivity contribution in [2.45, 2.75) is 33.3 Å². The van der Waals surface area contributed by atoms with Gasteiger partial charge in [0.25, 0.3) is 0 Å². The molecule has 0 unspecified atom stereocenters. The molecule has 1 aromatic rings. The molecule has 0 fully saturated rings. The van der Waals surface area contributed by atoms with Gasteiger partial charge in [0.2, 0.25) is 5.91 Å². The standard InChI is InChI=1S/C12H15Cl2NO2/c1-7(16)15-10-6-11(17-12(2,3)4)9(14)5-8(10)13/h5-6H,1-4H3,(H,15,16). The van der Waals surface area contributed by atoms with E-state index in [1.165, 1.54) is 6.92 Å². The molecule has 1 amide bonds. The molecule has 0 heterocycles. The maximum absolute atomic E-state index is 11.0. The van der Waals surface area contributed by atoms with E-state index in [1.807, 2.05) is 20.8 Å². The van der Waals surface area contributed by atoms with Crippen LogP contribution < -0.4 is 10.1 Å². The summed E-state index contributed by atoms with van der Waals surface area (Å²) in [5.41, 5.74) is 0.119. The van der Waals surface area contributed by atoms with Crippen molar-refractivity contribution in [3.05, 3.63) is 22.2 Å². The van der Waals surface area contributed by atoms with E-state index in [9.17, 15) is 4.79 Å². The fraction of sp³-hybridized carbons (Fsp3) is 0.417. The Labute approximate surface area is 111 Å². The highest BCUT2D eigenvalue weighted by Gasteiger charge is 2.16. The van der Waals surface area contributed by atoms with Gasteiger partial charge in [0.15, 0.2) is 0 Å². The second-order valence-electron chi connectivity index (χ2n) is 4.66. The molecule has 3 nitrogen and oxygen atoms in total. The van der Waals surface area contributed by atoms with Gasteiger partial charge in [-0.1, -0.05) is 23.2 Å². The van der Waals surface area contributed by atoms with Crippen LogP contribution in [0.25, 0.3) is 0 Å². The highest BCUT2D eigenvalue weighted by molar-refractivity contribution is 6.37. The molecule has 1 N–H and O–H groups in total. The van der Waals surface area contributed by atoms with Gasteiger partial charge in [-0.15, -0.1) is 0 Å². The summed E-state index contributed by atoms with van der Waals surface area (Å²) < 4.78 is 5.67. The molecule has 0 saturated heterocycles. The van der Waals surface area contributed by atoms with Crippen molar-refractivity contribution in [3.8, 4) is 5.75 Å². The second-order valence-corrected chi connectivity index (χ2v) is 5.47. The third-order valence-corrected chi connectivity index (χ3v) is 2.36. The molecule has 0 aromatic heterocycles. The summed E-state index contributed by atoms with van der Waals surface area (Å²) >= 11 is 12.0. The van der Waals surface area contributed by atoms with Gasteiger partial charge in [0, 0.05) is 13.0 Å². The van der Waals surface area contributed by atoms with Gasteiger partial charge in [-0.3, -0.25) is 4.79 Å². The van der Waals surface area contributed by atoms with Gasteiger partial charge in [0.1, 0.15) is 11.4 Å². The average Bonchev–Trinajstić information content (AvgIpc) is 2.10. The Morgan fingerprint density at radius 1 is 1.24 bits per heavy atom. The number of rotatable bonds is 2. The number of carbonyl (C=O) groups is 1. The predicted molar refractivity (Wildman–Crippen MR) is 71.1 cm³/mol. The molecule has 0 atom stereocenters. The number of halogens is 2. The van der Waals surface area contributed by atoms with Crippen LogP contribution in [-0.4, -0.2) is 11.5 Å². The van der Waals surface area contributed by atoms with Crippen molar-refractivity contribution in [1.29, 1.82) is 0 Å². The zero-order chi connectivity index (χ0) is 13.2. The number of hydrogen-bond donors (Lipinski definition) is 1. The second kappa shape index (κ2) is 5.15. The highest BCUT2D eigenvalue weighted by atomic mass is 35.5. The van der Waals surface area contributed by atoms with Gasteiger partial charge >= 0.3 is 0 Å². The molecule has 0 aliphatic rings. The molecule has 0 spiro atoms. The number of benzene rings is 1. The summed E-state index contributed by atoms with van der Waals surface area (Å²) in [6.45, 7) is 7.15. The van der Waals surface area contributed by atoms with Crippen molar-refractivity contribution in [2.24, 2.45) is 0 Å². The Bertz CT molecular complexity index is 439. The lowest BCUT2D eigenvalue weighted by Crippen LogP contribution is -2.23. The zero-order valence-corrected chi connectivity index (χ0v) is 11.7. The molecule has 5 heteroatoms. The van der Waals surface area contributed by atoms with Crippen molar-refractivity contribution in [1.82, 2.24) is 0 Å². The Kier molecular flexibility index (Phi) is 4.28. The summed E-state index contributed by atoms with van der Waals surface area (Å²) in [6, 6.07) is 3.17. The van der Waals surface area contributed by atoms with Crippen LogP contribution in [0.15, 0.2) is 12.1 Å². The monoisotopic (exact) mass is 275 g/mol. The topological polar surface area (TPSA) is 38.3 Å². The van der Waals surface area contributed by atoms with Gasteiger partial charge in [-0.25, -0.2) is 0 Å². The van der Waals surface area contributed by atoms with E-state index in [0.717, 1.165) is 0 Å². The molecule has 1 rings (SSSR count). The number of carbonyl (C=O) groups excluding carboxylic acids is 1. The predicted octanol–water partition coefficient (Wildman–Crippen LogP) is 4.13. The van der Waals surface area contributed by atoms with Crippen molar-refractivity contribution in [3.63, 3.8) is 0 Å². The van der Waals surface area contributed by atoms with Crippen LogP contribution in [0.2, 0.25) is 10.0 Å². The first-order chi connectivity index (χ1) is 7.69. The van der Waals surface area contributed by atoms with Crippen molar-refractivity contribution < 1.29 is 9.53 Å². The molecule has 17 heavy (non-hydrogen) atoms. The van der Waals surface area contributed by atoms with Crippen molar-refractivity contribution >= 4 is 34.8 Å². The molecular weight excluding hydrogens is 261 g/mol. The fourth-order valence-electron chi connectivity index (χ4n) is 1.22. The normalized spacial score (nSPS) is 11.2. The number of nitrogens with one attached hydrogen (secondary N) is 1. The third kappa shape index (κ3) is 4.44. The average molecular weight is 276 g/mol. The van der Waals surface area contributed by atoms with Crippen LogP contribution in [0.1, 0.15) is 27.7 Å². The van der Waals surface area contributed by atoms with E-state index in [4.69, 9.17) is 27.9 Å². The molecule has 0 saturated carbocycles. The van der Waals surface area contributed by atoms with Crippen LogP contribution in [-0.2, 0) is 4.79 Å². The smallest absolute Gasteiger partial charge is 0.221 e. The summed E-state index contributed by atoms with van der Waals surface area (Å²) in [5, 5.41) is 3.41. The summed E-state index contributed by atoms with van der Waals surface area (Å²) in [7, 11) is 0. The quantitative estimate of drug-likeness (QED) is 0.882. The minimum absolute atomic E-state index is 0.198. The van der Waals surface area contributed by atoms with Crippen LogP contribution in [0.5, 0.6) is 5.75 Å². The first-order valence-corrected chi connectivity index (χ1v) is 5.90. The van der Waals surface area contributed by atoms with E-state index < -0.39 is 0 Å². The maximum Gasteiger partial charge on any atom is 0.221 e. The number of hydrogen-bond acceptors (Lipinski definition) is 2.